The number of Topliss-reactive ketones (excluding diaryl/α,β-unsaturated/α-hetero) is 1. The van der Waals surface area contributed by atoms with Crippen molar-refractivity contribution in [3.05, 3.63) is 33.8 Å². The van der Waals surface area contributed by atoms with E-state index in [-0.39, 0.29) is 5.92 Å². The van der Waals surface area contributed by atoms with E-state index in [2.05, 4.69) is 0 Å². The van der Waals surface area contributed by atoms with Gasteiger partial charge in [-0.25, -0.2) is 0 Å². The number of rotatable bonds is 3. The van der Waals surface area contributed by atoms with E-state index in [1.54, 1.807) is 12.1 Å². The van der Waals surface area contributed by atoms with Gasteiger partial charge in [0.25, 0.3) is 0 Å². The van der Waals surface area contributed by atoms with Gasteiger partial charge in [-0.2, -0.15) is 0 Å². The Labute approximate surface area is 117 Å². The molecule has 0 amide bonds. The van der Waals surface area contributed by atoms with Gasteiger partial charge in [-0.15, -0.1) is 0 Å². The van der Waals surface area contributed by atoms with Gasteiger partial charge < -0.3 is 0 Å². The van der Waals surface area contributed by atoms with Crippen LogP contribution in [0.4, 0.5) is 0 Å². The third-order valence-electron chi connectivity index (χ3n) is 4.52. The van der Waals surface area contributed by atoms with E-state index in [0.717, 1.165) is 17.9 Å². The summed E-state index contributed by atoms with van der Waals surface area (Å²) >= 11 is 12.1. The average Bonchev–Trinajstić information content (AvgIpc) is 2.96. The van der Waals surface area contributed by atoms with Gasteiger partial charge >= 0.3 is 0 Å². The second kappa shape index (κ2) is 4.86. The van der Waals surface area contributed by atoms with Crippen molar-refractivity contribution in [2.75, 3.05) is 0 Å². The van der Waals surface area contributed by atoms with Crippen molar-refractivity contribution in [2.45, 2.75) is 32.1 Å². The van der Waals surface area contributed by atoms with Crippen molar-refractivity contribution in [1.82, 2.24) is 0 Å². The molecule has 3 rings (SSSR count). The SMILES string of the molecule is O=C(Cc1cc(Cl)ccc1Cl)C1CC2CCC1C2. The maximum atomic E-state index is 12.4. The second-order valence-electron chi connectivity index (χ2n) is 5.66. The normalized spacial score (nSPS) is 29.8. The fraction of sp³-hybridized carbons (Fsp3) is 0.533. The van der Waals surface area contributed by atoms with Crippen LogP contribution in [-0.4, -0.2) is 5.78 Å². The lowest BCUT2D eigenvalue weighted by Crippen LogP contribution is -2.22. The molecule has 0 heterocycles. The summed E-state index contributed by atoms with van der Waals surface area (Å²) in [6.07, 6.45) is 5.37. The Morgan fingerprint density at radius 3 is 2.72 bits per heavy atom. The molecule has 0 aromatic heterocycles. The van der Waals surface area contributed by atoms with Crippen LogP contribution in [-0.2, 0) is 11.2 Å². The highest BCUT2D eigenvalue weighted by atomic mass is 35.5. The van der Waals surface area contributed by atoms with Gasteiger partial charge in [-0.1, -0.05) is 29.6 Å². The maximum Gasteiger partial charge on any atom is 0.140 e. The van der Waals surface area contributed by atoms with E-state index in [4.69, 9.17) is 23.2 Å². The summed E-state index contributed by atoms with van der Waals surface area (Å²) in [5.74, 6) is 2.07. The van der Waals surface area contributed by atoms with E-state index < -0.39 is 0 Å². The Kier molecular flexibility index (Phi) is 3.38. The number of fused-ring (bicyclic) bond motifs is 2. The summed E-state index contributed by atoms with van der Waals surface area (Å²) in [5.41, 5.74) is 0.872. The Bertz CT molecular complexity index is 483. The molecule has 1 aromatic carbocycles. The molecule has 2 fully saturated rings. The zero-order valence-corrected chi connectivity index (χ0v) is 11.7. The second-order valence-corrected chi connectivity index (χ2v) is 6.50. The van der Waals surface area contributed by atoms with E-state index in [0.29, 0.717) is 28.2 Å². The molecule has 0 aliphatic heterocycles. The fourth-order valence-electron chi connectivity index (χ4n) is 3.64. The van der Waals surface area contributed by atoms with Crippen LogP contribution in [0.1, 0.15) is 31.2 Å². The summed E-state index contributed by atoms with van der Waals surface area (Å²) in [4.78, 5) is 12.4. The number of hydrogen-bond acceptors (Lipinski definition) is 1. The molecule has 2 aliphatic carbocycles. The van der Waals surface area contributed by atoms with Crippen LogP contribution in [0.5, 0.6) is 0 Å². The number of benzene rings is 1. The first-order valence-corrected chi connectivity index (χ1v) is 7.35. The number of halogens is 2. The topological polar surface area (TPSA) is 17.1 Å². The monoisotopic (exact) mass is 282 g/mol. The molecule has 1 nitrogen and oxygen atoms in total. The molecule has 1 aromatic rings. The van der Waals surface area contributed by atoms with E-state index >= 15 is 0 Å². The maximum absolute atomic E-state index is 12.4. The molecule has 2 bridgehead atoms. The van der Waals surface area contributed by atoms with Crippen LogP contribution in [0.25, 0.3) is 0 Å². The average molecular weight is 283 g/mol. The Hall–Kier alpha value is -0.530. The standard InChI is InChI=1S/C15H16Cl2O/c16-12-3-4-14(17)11(7-12)8-15(18)13-6-9-1-2-10(13)5-9/h3-4,7,9-10,13H,1-2,5-6,8H2. The summed E-state index contributed by atoms with van der Waals surface area (Å²) in [6, 6.07) is 5.34. The fourth-order valence-corrected chi connectivity index (χ4v) is 4.02. The lowest BCUT2D eigenvalue weighted by atomic mass is 9.83. The third-order valence-corrected chi connectivity index (χ3v) is 5.13. The van der Waals surface area contributed by atoms with Gasteiger partial charge in [-0.05, 0) is 54.9 Å². The van der Waals surface area contributed by atoms with Crippen molar-refractivity contribution in [1.29, 1.82) is 0 Å². The van der Waals surface area contributed by atoms with Crippen molar-refractivity contribution < 1.29 is 4.79 Å². The Balaban J connectivity index is 1.72. The predicted molar refractivity (Wildman–Crippen MR) is 74.1 cm³/mol. The molecule has 2 saturated carbocycles. The van der Waals surface area contributed by atoms with Gasteiger partial charge in [0, 0.05) is 22.4 Å². The van der Waals surface area contributed by atoms with Gasteiger partial charge in [0.2, 0.25) is 0 Å². The lowest BCUT2D eigenvalue weighted by molar-refractivity contribution is -0.123. The summed E-state index contributed by atoms with van der Waals surface area (Å²) in [6.45, 7) is 0. The minimum absolute atomic E-state index is 0.277. The minimum Gasteiger partial charge on any atom is -0.299 e. The van der Waals surface area contributed by atoms with Crippen LogP contribution in [0.15, 0.2) is 18.2 Å². The highest BCUT2D eigenvalue weighted by molar-refractivity contribution is 6.33. The molecule has 2 aliphatic rings. The molecule has 18 heavy (non-hydrogen) atoms. The van der Waals surface area contributed by atoms with Gasteiger partial charge in [0.1, 0.15) is 5.78 Å². The first-order valence-electron chi connectivity index (χ1n) is 6.60. The zero-order chi connectivity index (χ0) is 12.7. The third kappa shape index (κ3) is 2.31. The summed E-state index contributed by atoms with van der Waals surface area (Å²) < 4.78 is 0. The Morgan fingerprint density at radius 1 is 1.22 bits per heavy atom. The largest absolute Gasteiger partial charge is 0.299 e. The molecule has 0 N–H and O–H groups in total. The molecule has 3 unspecified atom stereocenters. The van der Waals surface area contributed by atoms with E-state index in [9.17, 15) is 4.79 Å². The number of ketones is 1. The van der Waals surface area contributed by atoms with Crippen molar-refractivity contribution >= 4 is 29.0 Å². The summed E-state index contributed by atoms with van der Waals surface area (Å²) in [5, 5.41) is 1.30. The van der Waals surface area contributed by atoms with Crippen LogP contribution in [0.3, 0.4) is 0 Å². The zero-order valence-electron chi connectivity index (χ0n) is 10.2. The lowest BCUT2D eigenvalue weighted by Gasteiger charge is -2.20. The minimum atomic E-state index is 0.277. The highest BCUT2D eigenvalue weighted by Gasteiger charge is 2.42. The molecule has 3 heteroatoms. The van der Waals surface area contributed by atoms with E-state index in [1.807, 2.05) is 6.07 Å². The molecule has 3 atom stereocenters. The molecule has 0 spiro atoms. The van der Waals surface area contributed by atoms with Crippen LogP contribution < -0.4 is 0 Å². The van der Waals surface area contributed by atoms with Gasteiger partial charge in [0.15, 0.2) is 0 Å². The molecule has 96 valence electrons. The smallest absolute Gasteiger partial charge is 0.140 e. The van der Waals surface area contributed by atoms with Gasteiger partial charge in [0.05, 0.1) is 0 Å². The van der Waals surface area contributed by atoms with Crippen LogP contribution in [0, 0.1) is 17.8 Å². The number of hydrogen-bond donors (Lipinski definition) is 0. The van der Waals surface area contributed by atoms with Crippen molar-refractivity contribution in [3.8, 4) is 0 Å². The quantitative estimate of drug-likeness (QED) is 0.795. The molecule has 0 radical (unpaired) electrons. The molecular formula is C15H16Cl2O. The number of carbonyl (C=O) groups is 1. The Morgan fingerprint density at radius 2 is 2.06 bits per heavy atom. The van der Waals surface area contributed by atoms with Gasteiger partial charge in [-0.3, -0.25) is 4.79 Å². The van der Waals surface area contributed by atoms with Crippen molar-refractivity contribution in [2.24, 2.45) is 17.8 Å². The predicted octanol–water partition coefficient (Wildman–Crippen LogP) is 4.54. The van der Waals surface area contributed by atoms with Crippen LogP contribution >= 0.6 is 23.2 Å². The first-order chi connectivity index (χ1) is 8.63. The van der Waals surface area contributed by atoms with Crippen molar-refractivity contribution in [3.63, 3.8) is 0 Å². The van der Waals surface area contributed by atoms with Crippen LogP contribution in [0.2, 0.25) is 10.0 Å². The first kappa shape index (κ1) is 12.5. The summed E-state index contributed by atoms with van der Waals surface area (Å²) in [7, 11) is 0. The highest BCUT2D eigenvalue weighted by Crippen LogP contribution is 2.48. The molecule has 0 saturated heterocycles. The molecular weight excluding hydrogens is 267 g/mol. The number of carbonyl (C=O) groups excluding carboxylic acids is 1. The van der Waals surface area contributed by atoms with E-state index in [1.165, 1.54) is 19.3 Å².